The van der Waals surface area contributed by atoms with Crippen molar-refractivity contribution in [3.8, 4) is 11.1 Å². The van der Waals surface area contributed by atoms with Crippen molar-refractivity contribution in [2.24, 2.45) is 0 Å². The lowest BCUT2D eigenvalue weighted by atomic mass is 10.0. The predicted molar refractivity (Wildman–Crippen MR) is 82.2 cm³/mol. The number of carbonyl (C=O) groups is 1. The number of esters is 1. The number of hydrogen-bond donors (Lipinski definition) is 0. The van der Waals surface area contributed by atoms with E-state index in [0.717, 1.165) is 6.42 Å². The molecular formula is C18H22O2. The van der Waals surface area contributed by atoms with Crippen molar-refractivity contribution in [1.29, 1.82) is 0 Å². The molecule has 20 heavy (non-hydrogen) atoms. The zero-order valence-corrected chi connectivity index (χ0v) is 12.3. The molecule has 0 aromatic heterocycles. The summed E-state index contributed by atoms with van der Waals surface area (Å²) >= 11 is 0. The van der Waals surface area contributed by atoms with Gasteiger partial charge in [0.2, 0.25) is 0 Å². The fourth-order valence-corrected chi connectivity index (χ4v) is 2.54. The molecule has 106 valence electrons. The first-order valence-corrected chi connectivity index (χ1v) is 7.36. The summed E-state index contributed by atoms with van der Waals surface area (Å²) in [6.07, 6.45) is 6.10. The van der Waals surface area contributed by atoms with Gasteiger partial charge in [0.15, 0.2) is 0 Å². The first-order valence-electron chi connectivity index (χ1n) is 7.36. The van der Waals surface area contributed by atoms with Crippen molar-refractivity contribution >= 4 is 5.97 Å². The van der Waals surface area contributed by atoms with E-state index in [2.05, 4.69) is 25.1 Å². The summed E-state index contributed by atoms with van der Waals surface area (Å²) < 4.78 is 4.82. The van der Waals surface area contributed by atoms with Crippen LogP contribution in [-0.4, -0.2) is 13.1 Å². The van der Waals surface area contributed by atoms with Gasteiger partial charge in [0, 0.05) is 0 Å². The van der Waals surface area contributed by atoms with Crippen LogP contribution in [0.3, 0.4) is 0 Å². The molecule has 2 nitrogen and oxygen atoms in total. The predicted octanol–water partition coefficient (Wildman–Crippen LogP) is 4.70. The normalized spacial score (nSPS) is 10.7. The van der Waals surface area contributed by atoms with Crippen LogP contribution in [0.25, 0.3) is 11.1 Å². The van der Waals surface area contributed by atoms with Crippen LogP contribution >= 0.6 is 0 Å². The van der Waals surface area contributed by atoms with Crippen molar-refractivity contribution in [2.45, 2.75) is 39.0 Å². The second-order valence-corrected chi connectivity index (χ2v) is 5.16. The second-order valence-electron chi connectivity index (χ2n) is 5.16. The molecule has 0 heterocycles. The zero-order chi connectivity index (χ0) is 14.4. The van der Waals surface area contributed by atoms with E-state index >= 15 is 0 Å². The molecule has 0 unspecified atom stereocenters. The second kappa shape index (κ2) is 7.09. The highest BCUT2D eigenvalue weighted by Crippen LogP contribution is 2.29. The summed E-state index contributed by atoms with van der Waals surface area (Å²) in [6, 6.07) is 12.0. The lowest BCUT2D eigenvalue weighted by Gasteiger charge is -2.03. The van der Waals surface area contributed by atoms with Gasteiger partial charge in [-0.3, -0.25) is 0 Å². The van der Waals surface area contributed by atoms with Crippen molar-refractivity contribution in [3.05, 3.63) is 47.5 Å². The summed E-state index contributed by atoms with van der Waals surface area (Å²) in [5, 5.41) is 0. The Bertz CT molecular complexity index is 545. The van der Waals surface area contributed by atoms with Crippen molar-refractivity contribution < 1.29 is 9.53 Å². The number of rotatable bonds is 6. The van der Waals surface area contributed by atoms with Gasteiger partial charge < -0.3 is 4.74 Å². The molecular weight excluding hydrogens is 248 g/mol. The first kappa shape index (κ1) is 14.6. The quantitative estimate of drug-likeness (QED) is 0.561. The maximum absolute atomic E-state index is 11.7. The van der Waals surface area contributed by atoms with E-state index in [4.69, 9.17) is 4.74 Å². The molecule has 0 N–H and O–H groups in total. The van der Waals surface area contributed by atoms with E-state index < -0.39 is 0 Å². The minimum Gasteiger partial charge on any atom is -0.465 e. The third-order valence-corrected chi connectivity index (χ3v) is 3.69. The number of aryl methyl sites for hydroxylation is 1. The standard InChI is InChI=1S/C18H22O2/c1-3-4-5-6-8-14-11-12-15-9-7-10-16(13-17(14)15)18(19)20-2/h7,9-13H,3-6,8H2,1-2H3. The van der Waals surface area contributed by atoms with Gasteiger partial charge in [-0.1, -0.05) is 50.5 Å². The number of fused-ring (bicyclic) bond motifs is 1. The first-order chi connectivity index (χ1) is 9.76. The molecule has 0 atom stereocenters. The Hall–Kier alpha value is -1.83. The molecule has 0 saturated heterocycles. The maximum atomic E-state index is 11.7. The molecule has 2 heteroatoms. The largest absolute Gasteiger partial charge is 0.465 e. The Morgan fingerprint density at radius 2 is 1.95 bits per heavy atom. The number of carbonyl (C=O) groups excluding carboxylic acids is 1. The number of ether oxygens (including phenoxy) is 1. The van der Waals surface area contributed by atoms with E-state index in [9.17, 15) is 4.79 Å². The van der Waals surface area contributed by atoms with Crippen molar-refractivity contribution in [3.63, 3.8) is 0 Å². The highest BCUT2D eigenvalue weighted by Gasteiger charge is 2.11. The fourth-order valence-electron chi connectivity index (χ4n) is 2.54. The summed E-state index contributed by atoms with van der Waals surface area (Å²) in [6.45, 7) is 2.22. The Labute approximate surface area is 121 Å². The summed E-state index contributed by atoms with van der Waals surface area (Å²) in [5.74, 6) is -0.277. The third-order valence-electron chi connectivity index (χ3n) is 3.69. The lowest BCUT2D eigenvalue weighted by molar-refractivity contribution is 0.0601. The molecule has 2 rings (SSSR count). The minimum absolute atomic E-state index is 0.277. The molecule has 0 spiro atoms. The SMILES string of the molecule is CCCCCCc1ccc2cccc(C(=O)OC)cc1-2. The molecule has 0 aromatic rings. The molecule has 2 aliphatic carbocycles. The molecule has 0 aromatic carbocycles. The summed E-state index contributed by atoms with van der Waals surface area (Å²) in [5.41, 5.74) is 4.30. The van der Waals surface area contributed by atoms with Gasteiger partial charge >= 0.3 is 5.97 Å². The lowest BCUT2D eigenvalue weighted by Crippen LogP contribution is -1.99. The third kappa shape index (κ3) is 3.38. The number of hydrogen-bond acceptors (Lipinski definition) is 2. The van der Waals surface area contributed by atoms with Gasteiger partial charge in [0.05, 0.1) is 12.7 Å². The number of unbranched alkanes of at least 4 members (excludes halogenated alkanes) is 3. The maximum Gasteiger partial charge on any atom is 0.337 e. The average Bonchev–Trinajstić information content (AvgIpc) is 2.71. The highest BCUT2D eigenvalue weighted by molar-refractivity contribution is 5.91. The van der Waals surface area contributed by atoms with Gasteiger partial charge in [-0.05, 0) is 41.7 Å². The molecule has 0 radical (unpaired) electrons. The van der Waals surface area contributed by atoms with Gasteiger partial charge in [-0.25, -0.2) is 4.79 Å². The van der Waals surface area contributed by atoms with Crippen LogP contribution in [0, 0.1) is 0 Å². The Kier molecular flexibility index (Phi) is 5.16. The highest BCUT2D eigenvalue weighted by atomic mass is 16.5. The smallest absolute Gasteiger partial charge is 0.337 e. The molecule has 0 bridgehead atoms. The Morgan fingerprint density at radius 3 is 2.70 bits per heavy atom. The molecule has 2 aliphatic rings. The molecule has 0 amide bonds. The van der Waals surface area contributed by atoms with E-state index in [1.807, 2.05) is 18.2 Å². The fraction of sp³-hybridized carbons (Fsp3) is 0.389. The summed E-state index contributed by atoms with van der Waals surface area (Å²) in [7, 11) is 1.42. The molecule has 0 saturated carbocycles. The van der Waals surface area contributed by atoms with Gasteiger partial charge in [-0.2, -0.15) is 0 Å². The zero-order valence-electron chi connectivity index (χ0n) is 12.3. The van der Waals surface area contributed by atoms with Crippen molar-refractivity contribution in [1.82, 2.24) is 0 Å². The van der Waals surface area contributed by atoms with Gasteiger partial charge in [0.25, 0.3) is 0 Å². The summed E-state index contributed by atoms with van der Waals surface area (Å²) in [4.78, 5) is 11.7. The topological polar surface area (TPSA) is 26.3 Å². The van der Waals surface area contributed by atoms with Crippen LogP contribution < -0.4 is 0 Å². The van der Waals surface area contributed by atoms with Gasteiger partial charge in [0.1, 0.15) is 0 Å². The Morgan fingerprint density at radius 1 is 1.10 bits per heavy atom. The van der Waals surface area contributed by atoms with Gasteiger partial charge in [-0.15, -0.1) is 0 Å². The minimum atomic E-state index is -0.277. The number of methoxy groups -OCH3 is 1. The van der Waals surface area contributed by atoms with E-state index in [-0.39, 0.29) is 5.97 Å². The molecule has 0 aliphatic heterocycles. The van der Waals surface area contributed by atoms with E-state index in [1.165, 1.54) is 49.5 Å². The molecule has 0 fully saturated rings. The van der Waals surface area contributed by atoms with E-state index in [1.54, 1.807) is 0 Å². The van der Waals surface area contributed by atoms with E-state index in [0.29, 0.717) is 5.56 Å². The van der Waals surface area contributed by atoms with Crippen LogP contribution in [0.5, 0.6) is 0 Å². The van der Waals surface area contributed by atoms with Crippen LogP contribution in [0.15, 0.2) is 36.4 Å². The van der Waals surface area contributed by atoms with Crippen molar-refractivity contribution in [2.75, 3.05) is 7.11 Å². The average molecular weight is 270 g/mol. The van der Waals surface area contributed by atoms with Crippen LogP contribution in [-0.2, 0) is 11.2 Å². The van der Waals surface area contributed by atoms with Crippen LogP contribution in [0.1, 0.15) is 48.5 Å². The monoisotopic (exact) mass is 270 g/mol. The van der Waals surface area contributed by atoms with Crippen LogP contribution in [0.2, 0.25) is 0 Å². The Balaban J connectivity index is 2.22. The van der Waals surface area contributed by atoms with Crippen LogP contribution in [0.4, 0.5) is 0 Å².